The predicted molar refractivity (Wildman–Crippen MR) is 111 cm³/mol. The average Bonchev–Trinajstić information content (AvgIpc) is 3.34. The lowest BCUT2D eigenvalue weighted by molar-refractivity contribution is 0.000418. The Kier molecular flexibility index (Phi) is 5.87. The van der Waals surface area contributed by atoms with Gasteiger partial charge in [-0.05, 0) is 37.1 Å². The van der Waals surface area contributed by atoms with Crippen LogP contribution in [-0.4, -0.2) is 57.7 Å². The molecule has 4 rings (SSSR count). The summed E-state index contributed by atoms with van der Waals surface area (Å²) in [7, 11) is -5.01. The molecule has 168 valence electrons. The van der Waals surface area contributed by atoms with Crippen molar-refractivity contribution in [2.45, 2.75) is 23.0 Å². The van der Waals surface area contributed by atoms with E-state index < -0.39 is 31.9 Å². The number of nitrogens with one attached hydrogen (secondary N) is 1. The van der Waals surface area contributed by atoms with Gasteiger partial charge in [-0.1, -0.05) is 12.1 Å². The number of urea groups is 1. The molecule has 1 aliphatic rings. The van der Waals surface area contributed by atoms with Crippen molar-refractivity contribution in [3.05, 3.63) is 61.2 Å². The molecule has 2 aromatic heterocycles. The third-order valence-electron chi connectivity index (χ3n) is 5.36. The van der Waals surface area contributed by atoms with Crippen LogP contribution < -0.4 is 5.32 Å². The highest BCUT2D eigenvalue weighted by atomic mass is 32.2. The highest BCUT2D eigenvalue weighted by Crippen LogP contribution is 2.42. The summed E-state index contributed by atoms with van der Waals surface area (Å²) in [6.45, 7) is 0.00184. The van der Waals surface area contributed by atoms with Crippen LogP contribution in [0.3, 0.4) is 0 Å². The maximum absolute atomic E-state index is 15.3. The van der Waals surface area contributed by atoms with E-state index in [-0.39, 0.29) is 31.6 Å². The lowest BCUT2D eigenvalue weighted by Gasteiger charge is -2.35. The smallest absolute Gasteiger partial charge is 0.325 e. The number of sulfone groups is 1. The first-order chi connectivity index (χ1) is 15.3. The Bertz CT molecular complexity index is 1180. The van der Waals surface area contributed by atoms with Gasteiger partial charge in [-0.2, -0.15) is 24.1 Å². The topological polar surface area (TPSA) is 110 Å². The minimum Gasteiger partial charge on any atom is -0.325 e. The highest BCUT2D eigenvalue weighted by molar-refractivity contribution is 7.92. The number of aromatic nitrogens is 4. The number of carbonyl (C=O) groups is 1. The zero-order valence-corrected chi connectivity index (χ0v) is 17.6. The van der Waals surface area contributed by atoms with Crippen molar-refractivity contribution in [2.24, 2.45) is 5.92 Å². The maximum atomic E-state index is 15.3. The molecule has 3 aromatic rings. The molecule has 0 aliphatic carbocycles. The molecule has 1 saturated heterocycles. The van der Waals surface area contributed by atoms with Gasteiger partial charge in [0.05, 0.1) is 28.7 Å². The highest BCUT2D eigenvalue weighted by Gasteiger charge is 2.54. The van der Waals surface area contributed by atoms with Gasteiger partial charge in [0, 0.05) is 31.4 Å². The fraction of sp³-hybridized carbons (Fsp3) is 0.300. The van der Waals surface area contributed by atoms with Crippen LogP contribution in [0.4, 0.5) is 19.3 Å². The van der Waals surface area contributed by atoms with E-state index in [0.717, 1.165) is 6.07 Å². The molecular weight excluding hydrogens is 442 g/mol. The number of hydrogen-bond donors (Lipinski definition) is 1. The molecule has 3 heterocycles. The molecule has 0 bridgehead atoms. The molecule has 1 aliphatic heterocycles. The number of hydrogen-bond acceptors (Lipinski definition) is 6. The van der Waals surface area contributed by atoms with Crippen molar-refractivity contribution in [1.29, 1.82) is 0 Å². The van der Waals surface area contributed by atoms with E-state index in [1.54, 1.807) is 18.2 Å². The van der Waals surface area contributed by atoms with Crippen molar-refractivity contribution < 1.29 is 22.0 Å². The Hall–Kier alpha value is -3.41. The number of piperidine rings is 1. The lowest BCUT2D eigenvalue weighted by atomic mass is 9.97. The van der Waals surface area contributed by atoms with Crippen LogP contribution in [0.1, 0.15) is 12.8 Å². The van der Waals surface area contributed by atoms with Crippen molar-refractivity contribution in [3.8, 4) is 5.69 Å². The minimum absolute atomic E-state index is 0.000918. The number of para-hydroxylation sites is 1. The SMILES string of the molecule is O=C(Nc1ccnnc1)N1CCC(C(F)(F)S(=O)(=O)c2ccccc2-n2cccn2)CC1. The van der Waals surface area contributed by atoms with E-state index in [2.05, 4.69) is 20.6 Å². The minimum atomic E-state index is -5.01. The van der Waals surface area contributed by atoms with Gasteiger partial charge in [0.1, 0.15) is 0 Å². The standard InChI is InChI=1S/C20H20F2N6O3S/c21-20(22,32(30,31)18-5-2-1-4-17(18)28-11-3-9-25-28)15-7-12-27(13-8-15)19(29)26-16-6-10-23-24-14-16/h1-6,9-11,14-15H,7-8,12-13H2,(H,23,26,29). The predicted octanol–water partition coefficient (Wildman–Crippen LogP) is 2.97. The maximum Gasteiger partial charge on any atom is 0.353 e. The number of alkyl halides is 2. The quantitative estimate of drug-likeness (QED) is 0.624. The molecule has 1 aromatic carbocycles. The zero-order chi connectivity index (χ0) is 22.8. The molecule has 0 unspecified atom stereocenters. The van der Waals surface area contributed by atoms with Gasteiger partial charge in [-0.3, -0.25) is 0 Å². The summed E-state index contributed by atoms with van der Waals surface area (Å²) in [5, 5.41) is 9.84. The summed E-state index contributed by atoms with van der Waals surface area (Å²) in [5.41, 5.74) is 0.482. The summed E-state index contributed by atoms with van der Waals surface area (Å²) < 4.78 is 57.9. The summed E-state index contributed by atoms with van der Waals surface area (Å²) in [5.74, 6) is -1.43. The van der Waals surface area contributed by atoms with Crippen LogP contribution >= 0.6 is 0 Å². The molecule has 32 heavy (non-hydrogen) atoms. The van der Waals surface area contributed by atoms with Crippen LogP contribution in [0.2, 0.25) is 0 Å². The van der Waals surface area contributed by atoms with Crippen LogP contribution in [-0.2, 0) is 9.84 Å². The molecule has 0 spiro atoms. The molecule has 12 heteroatoms. The summed E-state index contributed by atoms with van der Waals surface area (Å²) in [4.78, 5) is 13.3. The van der Waals surface area contributed by atoms with Gasteiger partial charge in [-0.25, -0.2) is 17.9 Å². The lowest BCUT2D eigenvalue weighted by Crippen LogP contribution is -2.47. The van der Waals surface area contributed by atoms with Crippen LogP contribution in [0.15, 0.2) is 66.1 Å². The molecule has 0 atom stereocenters. The van der Waals surface area contributed by atoms with Crippen molar-refractivity contribution in [3.63, 3.8) is 0 Å². The second-order valence-corrected chi connectivity index (χ2v) is 9.30. The third-order valence-corrected chi connectivity index (χ3v) is 7.33. The first-order valence-electron chi connectivity index (χ1n) is 9.85. The van der Waals surface area contributed by atoms with E-state index in [1.165, 1.54) is 46.5 Å². The molecule has 1 fully saturated rings. The van der Waals surface area contributed by atoms with Crippen LogP contribution in [0.25, 0.3) is 5.69 Å². The Morgan fingerprint density at radius 1 is 1.06 bits per heavy atom. The number of benzene rings is 1. The first-order valence-corrected chi connectivity index (χ1v) is 11.3. The van der Waals surface area contributed by atoms with Crippen molar-refractivity contribution in [1.82, 2.24) is 24.9 Å². The number of rotatable bonds is 5. The normalized spacial score (nSPS) is 15.5. The fourth-order valence-electron chi connectivity index (χ4n) is 3.64. The van der Waals surface area contributed by atoms with E-state index in [4.69, 9.17) is 0 Å². The van der Waals surface area contributed by atoms with Crippen molar-refractivity contribution in [2.75, 3.05) is 18.4 Å². The van der Waals surface area contributed by atoms with E-state index in [1.807, 2.05) is 0 Å². The molecule has 2 amide bonds. The fourth-order valence-corrected chi connectivity index (χ4v) is 5.30. The van der Waals surface area contributed by atoms with E-state index in [0.29, 0.717) is 5.69 Å². The summed E-state index contributed by atoms with van der Waals surface area (Å²) in [6.07, 6.45) is 5.39. The Labute approximate surface area is 183 Å². The molecule has 9 nitrogen and oxygen atoms in total. The van der Waals surface area contributed by atoms with Gasteiger partial charge in [0.15, 0.2) is 0 Å². The van der Waals surface area contributed by atoms with Gasteiger partial charge in [0.2, 0.25) is 9.84 Å². The number of carbonyl (C=O) groups excluding carboxylic acids is 1. The Morgan fingerprint density at radius 3 is 2.47 bits per heavy atom. The number of likely N-dealkylation sites (tertiary alicyclic amines) is 1. The zero-order valence-electron chi connectivity index (χ0n) is 16.8. The first kappa shape index (κ1) is 21.8. The van der Waals surface area contributed by atoms with Crippen LogP contribution in [0, 0.1) is 5.92 Å². The van der Waals surface area contributed by atoms with E-state index >= 15 is 8.78 Å². The summed E-state index contributed by atoms with van der Waals surface area (Å²) in [6, 6.07) is 8.20. The average molecular weight is 462 g/mol. The second kappa shape index (κ2) is 8.61. The van der Waals surface area contributed by atoms with Gasteiger partial charge >= 0.3 is 11.3 Å². The number of amides is 2. The monoisotopic (exact) mass is 462 g/mol. The Balaban J connectivity index is 1.49. The molecule has 0 radical (unpaired) electrons. The van der Waals surface area contributed by atoms with E-state index in [9.17, 15) is 13.2 Å². The van der Waals surface area contributed by atoms with Crippen molar-refractivity contribution >= 4 is 21.6 Å². The largest absolute Gasteiger partial charge is 0.353 e. The van der Waals surface area contributed by atoms with Gasteiger partial charge < -0.3 is 10.2 Å². The van der Waals surface area contributed by atoms with Gasteiger partial charge in [0.25, 0.3) is 0 Å². The molecular formula is C20H20F2N6O3S. The Morgan fingerprint density at radius 2 is 1.81 bits per heavy atom. The second-order valence-electron chi connectivity index (χ2n) is 7.31. The van der Waals surface area contributed by atoms with Crippen LogP contribution in [0.5, 0.6) is 0 Å². The summed E-state index contributed by atoms with van der Waals surface area (Å²) >= 11 is 0. The van der Waals surface area contributed by atoms with Gasteiger partial charge in [-0.15, -0.1) is 0 Å². The third kappa shape index (κ3) is 4.05. The molecule has 0 saturated carbocycles. The number of halogens is 2. The molecule has 1 N–H and O–H groups in total. The number of anilines is 1. The number of nitrogens with zero attached hydrogens (tertiary/aromatic N) is 5.